The Hall–Kier alpha value is -4.69. The molecule has 0 fully saturated rings. The third-order valence-electron chi connectivity index (χ3n) is 6.61. The van der Waals surface area contributed by atoms with E-state index in [1.807, 2.05) is 79.1 Å². The number of hydrogen-bond acceptors (Lipinski definition) is 5. The van der Waals surface area contributed by atoms with E-state index in [9.17, 15) is 24.2 Å². The van der Waals surface area contributed by atoms with Gasteiger partial charge < -0.3 is 24.8 Å². The van der Waals surface area contributed by atoms with Gasteiger partial charge in [-0.25, -0.2) is 4.39 Å². The Labute approximate surface area is 252 Å². The van der Waals surface area contributed by atoms with Crippen LogP contribution in [0, 0.1) is 5.82 Å². The third-order valence-corrected chi connectivity index (χ3v) is 6.61. The Bertz CT molecular complexity index is 1510. The number of aromatic nitrogens is 1. The molecule has 7 nitrogen and oxygen atoms in total. The number of esters is 1. The number of carbonyl (C=O) groups is 2. The molecular weight excluding hydrogens is 547 g/mol. The Morgan fingerprint density at radius 2 is 1.53 bits per heavy atom. The zero-order valence-electron chi connectivity index (χ0n) is 25.0. The molecule has 226 valence electrons. The first kappa shape index (κ1) is 32.8. The van der Waals surface area contributed by atoms with Crippen LogP contribution in [-0.2, 0) is 16.1 Å². The SMILES string of the molecule is C=C(C)[O-].COC(=O)C[C@H](O)CCn1c(-c2ccc(F)cc2)c(-c2ccccc2)c(C(=O)Nc2ccccc2)c1C(C)C. The normalized spacial score (nSPS) is 11.3. The standard InChI is InChI=1S/C32H33FN2O4.C3H6O/c1-21(2)30-29(32(38)34-25-12-8-5-9-13-25)28(22-10-6-4-7-11-22)31(23-14-16-24(33)17-15-23)35(30)19-18-26(36)20-27(37)39-3;1-3(2)4/h4-17,21,26,36H,18-20H2,1-3H3,(H,34,38);4H,1H2,2H3/p-1/t26-;/m1./s1. The number of benzene rings is 3. The minimum Gasteiger partial charge on any atom is -0.876 e. The summed E-state index contributed by atoms with van der Waals surface area (Å²) in [4.78, 5) is 25.8. The molecule has 43 heavy (non-hydrogen) atoms. The Morgan fingerprint density at radius 1 is 0.977 bits per heavy atom. The van der Waals surface area contributed by atoms with Crippen LogP contribution in [0.3, 0.4) is 0 Å². The number of para-hydroxylation sites is 1. The van der Waals surface area contributed by atoms with Crippen molar-refractivity contribution in [3.05, 3.63) is 114 Å². The average Bonchev–Trinajstić information content (AvgIpc) is 3.32. The summed E-state index contributed by atoms with van der Waals surface area (Å²) in [7, 11) is 1.29. The summed E-state index contributed by atoms with van der Waals surface area (Å²) in [6.07, 6.45) is -0.804. The largest absolute Gasteiger partial charge is 0.876 e. The second-order valence-corrected chi connectivity index (χ2v) is 10.4. The van der Waals surface area contributed by atoms with E-state index in [1.165, 1.54) is 26.2 Å². The van der Waals surface area contributed by atoms with Crippen LogP contribution in [0.25, 0.3) is 22.4 Å². The number of amides is 1. The number of rotatable bonds is 10. The maximum Gasteiger partial charge on any atom is 0.308 e. The highest BCUT2D eigenvalue weighted by atomic mass is 19.1. The van der Waals surface area contributed by atoms with Gasteiger partial charge in [0, 0.05) is 23.5 Å². The van der Waals surface area contributed by atoms with Gasteiger partial charge in [-0.3, -0.25) is 9.59 Å². The van der Waals surface area contributed by atoms with Crippen LogP contribution < -0.4 is 10.4 Å². The van der Waals surface area contributed by atoms with Crippen LogP contribution in [-0.4, -0.2) is 34.8 Å². The highest BCUT2D eigenvalue weighted by Crippen LogP contribution is 2.42. The van der Waals surface area contributed by atoms with E-state index >= 15 is 0 Å². The zero-order chi connectivity index (χ0) is 31.5. The summed E-state index contributed by atoms with van der Waals surface area (Å²) < 4.78 is 20.7. The summed E-state index contributed by atoms with van der Waals surface area (Å²) in [5, 5.41) is 23.0. The Kier molecular flexibility index (Phi) is 11.8. The fourth-order valence-electron chi connectivity index (χ4n) is 4.86. The van der Waals surface area contributed by atoms with Crippen molar-refractivity contribution < 1.29 is 28.9 Å². The van der Waals surface area contributed by atoms with Crippen molar-refractivity contribution in [3.8, 4) is 22.4 Å². The van der Waals surface area contributed by atoms with Gasteiger partial charge >= 0.3 is 5.97 Å². The predicted molar refractivity (Wildman–Crippen MR) is 166 cm³/mol. The van der Waals surface area contributed by atoms with Crippen molar-refractivity contribution in [1.82, 2.24) is 4.57 Å². The molecule has 1 aromatic heterocycles. The average molecular weight is 586 g/mol. The highest BCUT2D eigenvalue weighted by Gasteiger charge is 2.30. The molecule has 4 rings (SSSR count). The van der Waals surface area contributed by atoms with Crippen molar-refractivity contribution in [2.75, 3.05) is 12.4 Å². The second kappa shape index (κ2) is 15.5. The van der Waals surface area contributed by atoms with Crippen molar-refractivity contribution in [3.63, 3.8) is 0 Å². The van der Waals surface area contributed by atoms with Gasteiger partial charge in [0.1, 0.15) is 5.82 Å². The number of aliphatic hydroxyl groups excluding tert-OH is 1. The van der Waals surface area contributed by atoms with Crippen LogP contribution in [0.4, 0.5) is 10.1 Å². The smallest absolute Gasteiger partial charge is 0.308 e. The molecular formula is C35H38FN2O5-. The van der Waals surface area contributed by atoms with Crippen LogP contribution >= 0.6 is 0 Å². The van der Waals surface area contributed by atoms with Crippen molar-refractivity contribution >= 4 is 17.6 Å². The number of halogens is 1. The fourth-order valence-corrected chi connectivity index (χ4v) is 4.86. The van der Waals surface area contributed by atoms with E-state index in [1.54, 1.807) is 12.1 Å². The molecule has 1 amide bonds. The van der Waals surface area contributed by atoms with E-state index in [0.29, 0.717) is 17.8 Å². The fraction of sp³-hybridized carbons (Fsp3) is 0.257. The van der Waals surface area contributed by atoms with Crippen molar-refractivity contribution in [2.24, 2.45) is 0 Å². The number of hydrogen-bond donors (Lipinski definition) is 2. The minimum absolute atomic E-state index is 0.0732. The number of nitrogens with zero attached hydrogens (tertiary/aromatic N) is 1. The van der Waals surface area contributed by atoms with Gasteiger partial charge in [0.2, 0.25) is 0 Å². The van der Waals surface area contributed by atoms with E-state index in [2.05, 4.69) is 11.9 Å². The predicted octanol–water partition coefficient (Wildman–Crippen LogP) is 6.53. The summed E-state index contributed by atoms with van der Waals surface area (Å²) >= 11 is 0. The molecule has 0 spiro atoms. The Morgan fingerprint density at radius 3 is 2.07 bits per heavy atom. The van der Waals surface area contributed by atoms with Gasteiger partial charge in [0.05, 0.1) is 30.9 Å². The van der Waals surface area contributed by atoms with E-state index < -0.39 is 12.1 Å². The van der Waals surface area contributed by atoms with Crippen molar-refractivity contribution in [1.29, 1.82) is 0 Å². The second-order valence-electron chi connectivity index (χ2n) is 10.4. The molecule has 1 heterocycles. The molecule has 0 unspecified atom stereocenters. The topological polar surface area (TPSA) is 104 Å². The molecule has 2 N–H and O–H groups in total. The third kappa shape index (κ3) is 8.90. The molecule has 8 heteroatoms. The van der Waals surface area contributed by atoms with Gasteiger partial charge in [-0.1, -0.05) is 69.3 Å². The lowest BCUT2D eigenvalue weighted by Gasteiger charge is -2.19. The number of nitrogens with one attached hydrogen (secondary N) is 1. The molecule has 0 saturated heterocycles. The molecule has 0 aliphatic heterocycles. The summed E-state index contributed by atoms with van der Waals surface area (Å²) in [6, 6.07) is 25.1. The number of aliphatic hydroxyl groups is 1. The molecule has 0 radical (unpaired) electrons. The number of ether oxygens (including phenoxy) is 1. The molecule has 1 atom stereocenters. The van der Waals surface area contributed by atoms with Crippen LogP contribution in [0.5, 0.6) is 0 Å². The molecule has 0 aliphatic rings. The Balaban J connectivity index is 0.00000119. The lowest BCUT2D eigenvalue weighted by atomic mass is 9.94. The van der Waals surface area contributed by atoms with E-state index in [4.69, 9.17) is 4.74 Å². The van der Waals surface area contributed by atoms with Gasteiger partial charge in [-0.15, -0.1) is 12.3 Å². The monoisotopic (exact) mass is 585 g/mol. The maximum absolute atomic E-state index is 14.0. The number of carbonyl (C=O) groups excluding carboxylic acids is 2. The van der Waals surface area contributed by atoms with Gasteiger partial charge in [-0.2, -0.15) is 0 Å². The lowest BCUT2D eigenvalue weighted by molar-refractivity contribution is -0.300. The van der Waals surface area contributed by atoms with Crippen LogP contribution in [0.2, 0.25) is 0 Å². The van der Waals surface area contributed by atoms with Gasteiger partial charge in [-0.05, 0) is 59.9 Å². The summed E-state index contributed by atoms with van der Waals surface area (Å²) in [5.41, 5.74) is 5.01. The number of anilines is 1. The van der Waals surface area contributed by atoms with Crippen molar-refractivity contribution in [2.45, 2.75) is 52.2 Å². The number of allylic oxidation sites excluding steroid dienone is 1. The van der Waals surface area contributed by atoms with E-state index in [0.717, 1.165) is 28.1 Å². The molecule has 0 bridgehead atoms. The first-order chi connectivity index (χ1) is 20.5. The zero-order valence-corrected chi connectivity index (χ0v) is 25.0. The maximum atomic E-state index is 14.0. The highest BCUT2D eigenvalue weighted by molar-refractivity contribution is 6.12. The van der Waals surface area contributed by atoms with Crippen LogP contribution in [0.15, 0.2) is 97.3 Å². The summed E-state index contributed by atoms with van der Waals surface area (Å²) in [5.74, 6) is -1.28. The van der Waals surface area contributed by atoms with Gasteiger partial charge in [0.15, 0.2) is 0 Å². The molecule has 0 aliphatic carbocycles. The minimum atomic E-state index is -0.928. The van der Waals surface area contributed by atoms with Crippen LogP contribution in [0.1, 0.15) is 55.6 Å². The first-order valence-electron chi connectivity index (χ1n) is 14.0. The van der Waals surface area contributed by atoms with E-state index in [-0.39, 0.29) is 36.2 Å². The first-order valence-corrected chi connectivity index (χ1v) is 14.0. The molecule has 3 aromatic carbocycles. The molecule has 4 aromatic rings. The van der Waals surface area contributed by atoms with Gasteiger partial charge in [0.25, 0.3) is 5.91 Å². The quantitative estimate of drug-likeness (QED) is 0.163. The number of methoxy groups -OCH3 is 1. The molecule has 0 saturated carbocycles. The summed E-state index contributed by atoms with van der Waals surface area (Å²) in [6.45, 7) is 8.77. The lowest BCUT2D eigenvalue weighted by Crippen LogP contribution is -2.19.